The van der Waals surface area contributed by atoms with Gasteiger partial charge in [-0.2, -0.15) is 0 Å². The van der Waals surface area contributed by atoms with E-state index in [1.165, 1.54) is 6.07 Å². The van der Waals surface area contributed by atoms with Gasteiger partial charge in [0.2, 0.25) is 0 Å². The normalized spacial score (nSPS) is 12.7. The van der Waals surface area contributed by atoms with Crippen LogP contribution in [0, 0.1) is 5.82 Å². The van der Waals surface area contributed by atoms with E-state index in [0.717, 1.165) is 16.7 Å². The minimum absolute atomic E-state index is 0.0267. The number of nitrogens with zero attached hydrogens (tertiary/aromatic N) is 1. The number of carbonyl (C=O) groups excluding carboxylic acids is 1. The molecule has 0 bridgehead atoms. The van der Waals surface area contributed by atoms with Crippen molar-refractivity contribution in [3.8, 4) is 16.9 Å². The third kappa shape index (κ3) is 6.67. The van der Waals surface area contributed by atoms with Crippen molar-refractivity contribution in [2.45, 2.75) is 38.9 Å². The second-order valence-corrected chi connectivity index (χ2v) is 9.24. The Morgan fingerprint density at radius 3 is 2.26 bits per heavy atom. The van der Waals surface area contributed by atoms with Gasteiger partial charge in [-0.15, -0.1) is 0 Å². The zero-order chi connectivity index (χ0) is 26.9. The van der Waals surface area contributed by atoms with Gasteiger partial charge in [-0.1, -0.05) is 78.9 Å². The second-order valence-electron chi connectivity index (χ2n) is 9.24. The second kappa shape index (κ2) is 13.0. The van der Waals surface area contributed by atoms with Crippen LogP contribution >= 0.6 is 0 Å². The fourth-order valence-corrected chi connectivity index (χ4v) is 4.80. The lowest BCUT2D eigenvalue weighted by molar-refractivity contribution is -0.145. The number of benzene rings is 4. The molecule has 0 aliphatic rings. The number of methoxy groups -OCH3 is 1. The Labute approximate surface area is 224 Å². The summed E-state index contributed by atoms with van der Waals surface area (Å²) in [7, 11) is 1.59. The lowest BCUT2D eigenvalue weighted by Crippen LogP contribution is -2.33. The molecule has 0 aliphatic carbocycles. The molecule has 2 unspecified atom stereocenters. The zero-order valence-corrected chi connectivity index (χ0v) is 22.1. The minimum atomic E-state index is -0.352. The SMILES string of the molecule is CCOC(=O)CC(c1ccc(F)c(-c2cccc(OC)c2)c1)N(Cc1ccccc1)C(C)c1ccccc1. The minimum Gasteiger partial charge on any atom is -0.497 e. The van der Waals surface area contributed by atoms with Gasteiger partial charge >= 0.3 is 5.97 Å². The van der Waals surface area contributed by atoms with E-state index in [4.69, 9.17) is 9.47 Å². The molecular weight excluding hydrogens is 477 g/mol. The van der Waals surface area contributed by atoms with Crippen LogP contribution in [-0.4, -0.2) is 24.6 Å². The van der Waals surface area contributed by atoms with Gasteiger partial charge < -0.3 is 9.47 Å². The fourth-order valence-electron chi connectivity index (χ4n) is 4.80. The molecule has 4 aromatic carbocycles. The van der Waals surface area contributed by atoms with Gasteiger partial charge in [-0.25, -0.2) is 4.39 Å². The summed E-state index contributed by atoms with van der Waals surface area (Å²) < 4.78 is 25.9. The molecule has 0 fully saturated rings. The van der Waals surface area contributed by atoms with Crippen LogP contribution in [0.25, 0.3) is 11.1 Å². The first-order chi connectivity index (χ1) is 18.5. The summed E-state index contributed by atoms with van der Waals surface area (Å²) in [5.74, 6) is 0.0319. The molecule has 5 heteroatoms. The van der Waals surface area contributed by atoms with E-state index in [2.05, 4.69) is 36.1 Å². The molecule has 4 rings (SSSR count). The molecule has 0 N–H and O–H groups in total. The summed E-state index contributed by atoms with van der Waals surface area (Å²) in [6, 6.07) is 32.5. The van der Waals surface area contributed by atoms with E-state index in [0.29, 0.717) is 30.0 Å². The van der Waals surface area contributed by atoms with E-state index in [9.17, 15) is 4.79 Å². The zero-order valence-electron chi connectivity index (χ0n) is 22.1. The first-order valence-corrected chi connectivity index (χ1v) is 12.9. The number of rotatable bonds is 11. The van der Waals surface area contributed by atoms with Crippen molar-refractivity contribution in [3.05, 3.63) is 126 Å². The first kappa shape index (κ1) is 27.1. The van der Waals surface area contributed by atoms with Gasteiger partial charge in [-0.05, 0) is 60.4 Å². The summed E-state index contributed by atoms with van der Waals surface area (Å²) in [5, 5.41) is 0. The van der Waals surface area contributed by atoms with Gasteiger partial charge in [0.25, 0.3) is 0 Å². The molecule has 38 heavy (non-hydrogen) atoms. The maximum atomic E-state index is 15.2. The van der Waals surface area contributed by atoms with Crippen LogP contribution < -0.4 is 4.74 Å². The molecular formula is C33H34FNO3. The van der Waals surface area contributed by atoms with Crippen LogP contribution in [0.5, 0.6) is 5.75 Å². The molecule has 4 nitrogen and oxygen atoms in total. The van der Waals surface area contributed by atoms with Crippen LogP contribution in [0.15, 0.2) is 103 Å². The Hall–Kier alpha value is -3.96. The highest BCUT2D eigenvalue weighted by Gasteiger charge is 2.29. The lowest BCUT2D eigenvalue weighted by Gasteiger charge is -2.37. The molecule has 0 amide bonds. The highest BCUT2D eigenvalue weighted by atomic mass is 19.1. The number of halogens is 1. The van der Waals surface area contributed by atoms with Crippen molar-refractivity contribution in [2.75, 3.05) is 13.7 Å². The van der Waals surface area contributed by atoms with E-state index >= 15 is 4.39 Å². The number of carbonyl (C=O) groups is 1. The van der Waals surface area contributed by atoms with Crippen molar-refractivity contribution in [1.29, 1.82) is 0 Å². The summed E-state index contributed by atoms with van der Waals surface area (Å²) in [5.41, 5.74) is 4.27. The average Bonchev–Trinajstić information content (AvgIpc) is 2.96. The maximum Gasteiger partial charge on any atom is 0.307 e. The molecule has 0 saturated heterocycles. The standard InChI is InChI=1S/C33H34FNO3/c1-4-38-33(36)22-32(28-18-19-31(34)30(21-28)27-16-11-17-29(20-27)37-3)35(23-25-12-7-5-8-13-25)24(2)26-14-9-6-10-15-26/h5-21,24,32H,4,22-23H2,1-3H3. The molecule has 0 aliphatic heterocycles. The first-order valence-electron chi connectivity index (χ1n) is 12.9. The highest BCUT2D eigenvalue weighted by Crippen LogP contribution is 2.37. The predicted octanol–water partition coefficient (Wildman–Crippen LogP) is 7.76. The van der Waals surface area contributed by atoms with Crippen LogP contribution in [0.2, 0.25) is 0 Å². The quantitative estimate of drug-likeness (QED) is 0.193. The number of hydrogen-bond acceptors (Lipinski definition) is 4. The van der Waals surface area contributed by atoms with Gasteiger partial charge in [0.1, 0.15) is 11.6 Å². The van der Waals surface area contributed by atoms with E-state index < -0.39 is 0 Å². The lowest BCUT2D eigenvalue weighted by atomic mass is 9.93. The van der Waals surface area contributed by atoms with Gasteiger partial charge in [-0.3, -0.25) is 9.69 Å². The van der Waals surface area contributed by atoms with Crippen molar-refractivity contribution in [1.82, 2.24) is 4.90 Å². The Kier molecular flexibility index (Phi) is 9.28. The fraction of sp³-hybridized carbons (Fsp3) is 0.242. The predicted molar refractivity (Wildman–Crippen MR) is 149 cm³/mol. The molecule has 0 aromatic heterocycles. The molecule has 0 spiro atoms. The molecule has 196 valence electrons. The Balaban J connectivity index is 1.82. The summed E-state index contributed by atoms with van der Waals surface area (Å²) in [6.45, 7) is 4.85. The summed E-state index contributed by atoms with van der Waals surface area (Å²) >= 11 is 0. The van der Waals surface area contributed by atoms with Gasteiger partial charge in [0, 0.05) is 24.2 Å². The monoisotopic (exact) mass is 511 g/mol. The summed E-state index contributed by atoms with van der Waals surface area (Å²) in [6.07, 6.45) is 0.140. The van der Waals surface area contributed by atoms with E-state index in [1.807, 2.05) is 66.7 Å². The molecule has 2 atom stereocenters. The number of ether oxygens (including phenoxy) is 2. The maximum absolute atomic E-state index is 15.2. The van der Waals surface area contributed by atoms with Crippen molar-refractivity contribution in [2.24, 2.45) is 0 Å². The van der Waals surface area contributed by atoms with E-state index in [-0.39, 0.29) is 30.3 Å². The average molecular weight is 512 g/mol. The highest BCUT2D eigenvalue weighted by molar-refractivity contribution is 5.71. The molecule has 4 aromatic rings. The molecule has 0 heterocycles. The molecule has 0 saturated carbocycles. The largest absolute Gasteiger partial charge is 0.497 e. The Morgan fingerprint density at radius 2 is 1.58 bits per heavy atom. The summed E-state index contributed by atoms with van der Waals surface area (Å²) in [4.78, 5) is 15.2. The third-order valence-corrected chi connectivity index (χ3v) is 6.81. The topological polar surface area (TPSA) is 38.8 Å². The van der Waals surface area contributed by atoms with Crippen LogP contribution in [0.3, 0.4) is 0 Å². The smallest absolute Gasteiger partial charge is 0.307 e. The van der Waals surface area contributed by atoms with Crippen LogP contribution in [0.4, 0.5) is 4.39 Å². The van der Waals surface area contributed by atoms with Crippen molar-refractivity contribution < 1.29 is 18.7 Å². The van der Waals surface area contributed by atoms with Crippen molar-refractivity contribution in [3.63, 3.8) is 0 Å². The number of hydrogen-bond donors (Lipinski definition) is 0. The van der Waals surface area contributed by atoms with E-state index in [1.54, 1.807) is 20.1 Å². The number of esters is 1. The van der Waals surface area contributed by atoms with Crippen molar-refractivity contribution >= 4 is 5.97 Å². The van der Waals surface area contributed by atoms with Crippen LogP contribution in [0.1, 0.15) is 49.0 Å². The Bertz CT molecular complexity index is 1330. The molecule has 0 radical (unpaired) electrons. The Morgan fingerprint density at radius 1 is 0.868 bits per heavy atom. The van der Waals surface area contributed by atoms with Crippen LogP contribution in [-0.2, 0) is 16.1 Å². The third-order valence-electron chi connectivity index (χ3n) is 6.81. The van der Waals surface area contributed by atoms with Gasteiger partial charge in [0.15, 0.2) is 0 Å². The van der Waals surface area contributed by atoms with Gasteiger partial charge in [0.05, 0.1) is 20.1 Å².